The molecule has 14 heavy (non-hydrogen) atoms. The predicted molar refractivity (Wildman–Crippen MR) is 50.7 cm³/mol. The number of aromatic nitrogens is 2. The van der Waals surface area contributed by atoms with Crippen molar-refractivity contribution in [1.29, 1.82) is 0 Å². The first kappa shape index (κ1) is 9.99. The fourth-order valence-electron chi connectivity index (χ4n) is 0.962. The number of hydrogen-bond acceptors (Lipinski definition) is 4. The number of terminal acetylenes is 1. The lowest BCUT2D eigenvalue weighted by Gasteiger charge is -2.17. The van der Waals surface area contributed by atoms with Crippen LogP contribution in [0.25, 0.3) is 0 Å². The van der Waals surface area contributed by atoms with E-state index in [1.807, 2.05) is 0 Å². The van der Waals surface area contributed by atoms with Crippen LogP contribution in [0, 0.1) is 12.3 Å². The molecule has 0 aromatic carbocycles. The first-order chi connectivity index (χ1) is 6.74. The zero-order valence-electron chi connectivity index (χ0n) is 7.42. The zero-order chi connectivity index (χ0) is 10.4. The Labute approximate surface area is 81.4 Å². The highest BCUT2D eigenvalue weighted by atomic mass is 16.4. The van der Waals surface area contributed by atoms with E-state index in [1.54, 1.807) is 6.07 Å². The summed E-state index contributed by atoms with van der Waals surface area (Å²) in [5, 5.41) is 8.62. The van der Waals surface area contributed by atoms with Crippen LogP contribution >= 0.6 is 0 Å². The molecule has 1 aromatic heterocycles. The van der Waals surface area contributed by atoms with E-state index >= 15 is 0 Å². The molecule has 0 fully saturated rings. The lowest BCUT2D eigenvalue weighted by atomic mass is 10.4. The van der Waals surface area contributed by atoms with Crippen molar-refractivity contribution >= 4 is 11.8 Å². The Morgan fingerprint density at radius 2 is 2.50 bits per heavy atom. The Balaban J connectivity index is 2.78. The number of hydrogen-bond donors (Lipinski definition) is 1. The van der Waals surface area contributed by atoms with Crippen molar-refractivity contribution in [2.24, 2.45) is 0 Å². The van der Waals surface area contributed by atoms with Gasteiger partial charge in [-0.1, -0.05) is 5.92 Å². The number of anilines is 1. The van der Waals surface area contributed by atoms with Crippen LogP contribution in [0.5, 0.6) is 0 Å². The van der Waals surface area contributed by atoms with Crippen LogP contribution in [0.15, 0.2) is 18.6 Å². The molecule has 0 atom stereocenters. The molecule has 1 aromatic rings. The summed E-state index contributed by atoms with van der Waals surface area (Å²) in [6, 6.07) is 1.61. The number of carboxylic acid groups (broad SMARTS) is 1. The molecule has 72 valence electrons. The van der Waals surface area contributed by atoms with E-state index in [2.05, 4.69) is 15.9 Å². The first-order valence-corrected chi connectivity index (χ1v) is 3.90. The summed E-state index contributed by atoms with van der Waals surface area (Å²) in [4.78, 5) is 19.6. The van der Waals surface area contributed by atoms with Crippen LogP contribution in [0.4, 0.5) is 5.82 Å². The van der Waals surface area contributed by atoms with Gasteiger partial charge in [-0.25, -0.2) is 9.97 Å². The smallest absolute Gasteiger partial charge is 0.323 e. The van der Waals surface area contributed by atoms with Gasteiger partial charge in [-0.2, -0.15) is 0 Å². The van der Waals surface area contributed by atoms with Gasteiger partial charge >= 0.3 is 5.97 Å². The third-order valence-electron chi connectivity index (χ3n) is 1.50. The average molecular weight is 191 g/mol. The van der Waals surface area contributed by atoms with Gasteiger partial charge < -0.3 is 10.0 Å². The molecule has 0 aliphatic heterocycles. The summed E-state index contributed by atoms with van der Waals surface area (Å²) >= 11 is 0. The Bertz CT molecular complexity index is 345. The summed E-state index contributed by atoms with van der Waals surface area (Å²) in [5.74, 6) is 1.94. The van der Waals surface area contributed by atoms with Crippen molar-refractivity contribution in [1.82, 2.24) is 9.97 Å². The van der Waals surface area contributed by atoms with Crippen molar-refractivity contribution in [3.05, 3.63) is 18.6 Å². The molecule has 0 saturated heterocycles. The van der Waals surface area contributed by atoms with Crippen LogP contribution < -0.4 is 4.90 Å². The topological polar surface area (TPSA) is 66.3 Å². The van der Waals surface area contributed by atoms with Crippen LogP contribution in [0.3, 0.4) is 0 Å². The van der Waals surface area contributed by atoms with Gasteiger partial charge in [0.05, 0.1) is 6.54 Å². The molecular weight excluding hydrogens is 182 g/mol. The summed E-state index contributed by atoms with van der Waals surface area (Å²) < 4.78 is 0. The number of carbonyl (C=O) groups is 1. The molecule has 1 N–H and O–H groups in total. The van der Waals surface area contributed by atoms with Crippen molar-refractivity contribution in [2.75, 3.05) is 18.0 Å². The second-order valence-corrected chi connectivity index (χ2v) is 2.52. The van der Waals surface area contributed by atoms with Gasteiger partial charge in [-0.15, -0.1) is 6.42 Å². The maximum atomic E-state index is 10.5. The monoisotopic (exact) mass is 191 g/mol. The van der Waals surface area contributed by atoms with Gasteiger partial charge in [0.1, 0.15) is 18.7 Å². The summed E-state index contributed by atoms with van der Waals surface area (Å²) in [6.45, 7) is 0.0462. The highest BCUT2D eigenvalue weighted by Crippen LogP contribution is 2.06. The number of rotatable bonds is 4. The molecule has 0 aliphatic carbocycles. The van der Waals surface area contributed by atoms with Gasteiger partial charge in [0.25, 0.3) is 0 Å². The molecule has 0 aliphatic rings. The minimum atomic E-state index is -0.945. The SMILES string of the molecule is C#CCN(CC(=O)O)c1ccncn1. The minimum Gasteiger partial charge on any atom is -0.480 e. The normalized spacial score (nSPS) is 9.07. The fraction of sp³-hybridized carbons (Fsp3) is 0.222. The van der Waals surface area contributed by atoms with Crippen LogP contribution in [0.2, 0.25) is 0 Å². The van der Waals surface area contributed by atoms with Gasteiger partial charge in [0.2, 0.25) is 0 Å². The third kappa shape index (κ3) is 2.75. The highest BCUT2D eigenvalue weighted by Gasteiger charge is 2.09. The van der Waals surface area contributed by atoms with E-state index in [9.17, 15) is 4.79 Å². The Morgan fingerprint density at radius 3 is 3.00 bits per heavy atom. The van der Waals surface area contributed by atoms with Gasteiger partial charge in [0, 0.05) is 6.20 Å². The molecule has 0 radical (unpaired) electrons. The Hall–Kier alpha value is -2.09. The van der Waals surface area contributed by atoms with Crippen LogP contribution in [-0.4, -0.2) is 34.1 Å². The molecule has 5 nitrogen and oxygen atoms in total. The number of carboxylic acids is 1. The predicted octanol–water partition coefficient (Wildman–Crippen LogP) is 0.000800. The molecule has 0 amide bonds. The fourth-order valence-corrected chi connectivity index (χ4v) is 0.962. The maximum Gasteiger partial charge on any atom is 0.323 e. The van der Waals surface area contributed by atoms with E-state index in [1.165, 1.54) is 17.4 Å². The lowest BCUT2D eigenvalue weighted by molar-refractivity contribution is -0.135. The largest absolute Gasteiger partial charge is 0.480 e. The maximum absolute atomic E-state index is 10.5. The van der Waals surface area contributed by atoms with Crippen molar-refractivity contribution in [3.8, 4) is 12.3 Å². The highest BCUT2D eigenvalue weighted by molar-refractivity contribution is 5.73. The lowest BCUT2D eigenvalue weighted by Crippen LogP contribution is -2.30. The van der Waals surface area contributed by atoms with Gasteiger partial charge in [0.15, 0.2) is 0 Å². The minimum absolute atomic E-state index is 0.165. The van der Waals surface area contributed by atoms with Gasteiger partial charge in [-0.05, 0) is 6.07 Å². The second kappa shape index (κ2) is 4.82. The second-order valence-electron chi connectivity index (χ2n) is 2.52. The summed E-state index contributed by atoms with van der Waals surface area (Å²) in [7, 11) is 0. The van der Waals surface area contributed by atoms with E-state index in [0.717, 1.165) is 0 Å². The molecule has 0 unspecified atom stereocenters. The zero-order valence-corrected chi connectivity index (χ0v) is 7.42. The number of nitrogens with zero attached hydrogens (tertiary/aromatic N) is 3. The molecular formula is C9H9N3O2. The van der Waals surface area contributed by atoms with Crippen molar-refractivity contribution < 1.29 is 9.90 Å². The molecule has 5 heteroatoms. The first-order valence-electron chi connectivity index (χ1n) is 3.90. The quantitative estimate of drug-likeness (QED) is 0.678. The average Bonchev–Trinajstić information content (AvgIpc) is 2.18. The van der Waals surface area contributed by atoms with E-state index in [4.69, 9.17) is 11.5 Å². The molecule has 1 heterocycles. The van der Waals surface area contributed by atoms with Crippen LogP contribution in [-0.2, 0) is 4.79 Å². The Kier molecular flexibility index (Phi) is 3.44. The van der Waals surface area contributed by atoms with E-state index < -0.39 is 5.97 Å². The van der Waals surface area contributed by atoms with E-state index in [-0.39, 0.29) is 13.1 Å². The Morgan fingerprint density at radius 1 is 1.71 bits per heavy atom. The number of aliphatic carboxylic acids is 1. The summed E-state index contributed by atoms with van der Waals surface area (Å²) in [5.41, 5.74) is 0. The van der Waals surface area contributed by atoms with E-state index in [0.29, 0.717) is 5.82 Å². The van der Waals surface area contributed by atoms with Gasteiger partial charge in [-0.3, -0.25) is 4.79 Å². The van der Waals surface area contributed by atoms with Crippen molar-refractivity contribution in [2.45, 2.75) is 0 Å². The third-order valence-corrected chi connectivity index (χ3v) is 1.50. The van der Waals surface area contributed by atoms with Crippen LogP contribution in [0.1, 0.15) is 0 Å². The molecule has 0 saturated carbocycles. The summed E-state index contributed by atoms with van der Waals surface area (Å²) in [6.07, 6.45) is 8.00. The van der Waals surface area contributed by atoms with Crippen molar-refractivity contribution in [3.63, 3.8) is 0 Å². The molecule has 1 rings (SSSR count). The molecule has 0 spiro atoms. The molecule has 0 bridgehead atoms. The standard InChI is InChI=1S/C9H9N3O2/c1-2-5-12(6-9(13)14)8-3-4-10-7-11-8/h1,3-4,7H,5-6H2,(H,13,14).